The molecule has 0 N–H and O–H groups in total. The first kappa shape index (κ1) is 17.1. The van der Waals surface area contributed by atoms with Crippen LogP contribution in [0.4, 0.5) is 0 Å². The molecule has 7 heteroatoms. The van der Waals surface area contributed by atoms with Gasteiger partial charge in [-0.3, -0.25) is 9.59 Å². The Morgan fingerprint density at radius 2 is 2.00 bits per heavy atom. The van der Waals surface area contributed by atoms with Gasteiger partial charge >= 0.3 is 5.97 Å². The second-order valence-electron chi connectivity index (χ2n) is 4.94. The molecule has 3 rings (SSSR count). The smallest absolute Gasteiger partial charge is 0.316 e. The summed E-state index contributed by atoms with van der Waals surface area (Å²) in [6.45, 7) is 1.84. The standard InChI is InChI=1S/C17H15NO3S3/c1-2-11-7-8-15(23-11)13(19)9-21-16(20)10-22-17-18-12-5-3-4-6-14(12)24-17/h3-8H,2,9-10H2,1H3. The number of Topliss-reactive ketones (excluding diaryl/α,β-unsaturated/α-hetero) is 1. The maximum Gasteiger partial charge on any atom is 0.316 e. The summed E-state index contributed by atoms with van der Waals surface area (Å²) in [5.41, 5.74) is 0.929. The van der Waals surface area contributed by atoms with E-state index in [1.54, 1.807) is 17.4 Å². The molecule has 0 fully saturated rings. The van der Waals surface area contributed by atoms with Crippen LogP contribution in [0.15, 0.2) is 40.7 Å². The summed E-state index contributed by atoms with van der Waals surface area (Å²) in [5.74, 6) is -0.407. The average molecular weight is 378 g/mol. The van der Waals surface area contributed by atoms with Crippen molar-refractivity contribution in [3.63, 3.8) is 0 Å². The van der Waals surface area contributed by atoms with E-state index in [2.05, 4.69) is 4.98 Å². The van der Waals surface area contributed by atoms with E-state index in [9.17, 15) is 9.59 Å². The molecule has 0 saturated carbocycles. The van der Waals surface area contributed by atoms with Crippen LogP contribution in [0, 0.1) is 0 Å². The van der Waals surface area contributed by atoms with E-state index in [0.717, 1.165) is 25.9 Å². The van der Waals surface area contributed by atoms with Gasteiger partial charge in [0.1, 0.15) is 0 Å². The number of hydrogen-bond acceptors (Lipinski definition) is 7. The van der Waals surface area contributed by atoms with E-state index in [1.807, 2.05) is 37.3 Å². The number of para-hydroxylation sites is 1. The zero-order chi connectivity index (χ0) is 16.9. The van der Waals surface area contributed by atoms with Crippen molar-refractivity contribution in [2.24, 2.45) is 0 Å². The number of carbonyl (C=O) groups excluding carboxylic acids is 2. The van der Waals surface area contributed by atoms with Crippen molar-refractivity contribution in [3.05, 3.63) is 46.2 Å². The van der Waals surface area contributed by atoms with E-state index < -0.39 is 5.97 Å². The fraction of sp³-hybridized carbons (Fsp3) is 0.235. The third-order valence-corrected chi connectivity index (χ3v) is 6.66. The molecule has 2 heterocycles. The number of ketones is 1. The molecule has 0 spiro atoms. The van der Waals surface area contributed by atoms with Crippen LogP contribution in [0.1, 0.15) is 21.5 Å². The fourth-order valence-corrected chi connectivity index (χ4v) is 4.75. The minimum atomic E-state index is -0.403. The lowest BCUT2D eigenvalue weighted by Gasteiger charge is -2.02. The van der Waals surface area contributed by atoms with Gasteiger partial charge in [0.2, 0.25) is 5.78 Å². The zero-order valence-electron chi connectivity index (χ0n) is 13.0. The van der Waals surface area contributed by atoms with E-state index in [1.165, 1.54) is 23.1 Å². The van der Waals surface area contributed by atoms with E-state index in [-0.39, 0.29) is 18.1 Å². The molecule has 124 valence electrons. The van der Waals surface area contributed by atoms with Crippen molar-refractivity contribution in [1.29, 1.82) is 0 Å². The Bertz CT molecular complexity index is 836. The molecule has 0 aliphatic carbocycles. The lowest BCUT2D eigenvalue weighted by atomic mass is 10.3. The minimum Gasteiger partial charge on any atom is -0.457 e. The Kier molecular flexibility index (Phi) is 5.65. The van der Waals surface area contributed by atoms with Crippen molar-refractivity contribution in [2.45, 2.75) is 17.7 Å². The Morgan fingerprint density at radius 1 is 1.17 bits per heavy atom. The van der Waals surface area contributed by atoms with Gasteiger partial charge in [-0.05, 0) is 30.7 Å². The van der Waals surface area contributed by atoms with Crippen molar-refractivity contribution in [3.8, 4) is 0 Å². The topological polar surface area (TPSA) is 56.3 Å². The third kappa shape index (κ3) is 4.23. The number of thioether (sulfide) groups is 1. The van der Waals surface area contributed by atoms with Crippen molar-refractivity contribution in [1.82, 2.24) is 4.98 Å². The van der Waals surface area contributed by atoms with E-state index in [4.69, 9.17) is 4.74 Å². The predicted molar refractivity (Wildman–Crippen MR) is 99.3 cm³/mol. The van der Waals surface area contributed by atoms with Crippen LogP contribution in [-0.4, -0.2) is 29.1 Å². The average Bonchev–Trinajstić information content (AvgIpc) is 3.23. The quantitative estimate of drug-likeness (QED) is 0.346. The second-order valence-corrected chi connectivity index (χ2v) is 8.36. The van der Waals surface area contributed by atoms with Crippen LogP contribution < -0.4 is 0 Å². The monoisotopic (exact) mass is 377 g/mol. The summed E-state index contributed by atoms with van der Waals surface area (Å²) >= 11 is 4.33. The van der Waals surface area contributed by atoms with Gasteiger partial charge in [0.25, 0.3) is 0 Å². The van der Waals surface area contributed by atoms with Crippen LogP contribution in [0.2, 0.25) is 0 Å². The van der Waals surface area contributed by atoms with Crippen molar-refractivity contribution >= 4 is 56.4 Å². The number of aryl methyl sites for hydroxylation is 1. The van der Waals surface area contributed by atoms with Crippen LogP contribution in [-0.2, 0) is 16.0 Å². The number of fused-ring (bicyclic) bond motifs is 1. The molecule has 0 radical (unpaired) electrons. The van der Waals surface area contributed by atoms with Crippen LogP contribution >= 0.6 is 34.4 Å². The molecule has 3 aromatic rings. The summed E-state index contributed by atoms with van der Waals surface area (Å²) in [6, 6.07) is 11.6. The van der Waals surface area contributed by atoms with Gasteiger partial charge < -0.3 is 4.74 Å². The summed E-state index contributed by atoms with van der Waals surface area (Å²) in [4.78, 5) is 30.0. The van der Waals surface area contributed by atoms with Crippen molar-refractivity contribution < 1.29 is 14.3 Å². The maximum absolute atomic E-state index is 12.0. The number of thiazole rings is 1. The molecular formula is C17H15NO3S3. The molecule has 0 atom stereocenters. The normalized spacial score (nSPS) is 10.9. The number of rotatable bonds is 7. The zero-order valence-corrected chi connectivity index (χ0v) is 15.4. The Hall–Kier alpha value is -1.70. The van der Waals surface area contributed by atoms with E-state index in [0.29, 0.717) is 4.88 Å². The molecule has 1 aromatic carbocycles. The van der Waals surface area contributed by atoms with Crippen LogP contribution in [0.3, 0.4) is 0 Å². The van der Waals surface area contributed by atoms with Gasteiger partial charge in [0.15, 0.2) is 10.9 Å². The number of esters is 1. The maximum atomic E-state index is 12.0. The lowest BCUT2D eigenvalue weighted by molar-refractivity contribution is -0.139. The number of thiophene rings is 1. The third-order valence-electron chi connectivity index (χ3n) is 3.24. The minimum absolute atomic E-state index is 0.151. The first-order valence-corrected chi connectivity index (χ1v) is 10.0. The van der Waals surface area contributed by atoms with Gasteiger partial charge in [-0.25, -0.2) is 4.98 Å². The first-order chi connectivity index (χ1) is 11.7. The second kappa shape index (κ2) is 7.92. The highest BCUT2D eigenvalue weighted by Crippen LogP contribution is 2.29. The van der Waals surface area contributed by atoms with Crippen LogP contribution in [0.5, 0.6) is 0 Å². The fourth-order valence-electron chi connectivity index (χ4n) is 2.01. The first-order valence-electron chi connectivity index (χ1n) is 7.41. The lowest BCUT2D eigenvalue weighted by Crippen LogP contribution is -2.14. The largest absolute Gasteiger partial charge is 0.457 e. The molecule has 0 amide bonds. The number of hydrogen-bond donors (Lipinski definition) is 0. The molecule has 0 aliphatic rings. The number of ether oxygens (including phenoxy) is 1. The number of nitrogens with zero attached hydrogens (tertiary/aromatic N) is 1. The SMILES string of the molecule is CCc1ccc(C(=O)COC(=O)CSc2nc3ccccc3s2)s1. The molecule has 24 heavy (non-hydrogen) atoms. The molecular weight excluding hydrogens is 362 g/mol. The Morgan fingerprint density at radius 3 is 2.75 bits per heavy atom. The Labute approximate surface area is 151 Å². The van der Waals surface area contributed by atoms with Gasteiger partial charge in [0.05, 0.1) is 20.8 Å². The summed E-state index contributed by atoms with van der Waals surface area (Å²) < 4.78 is 6.99. The van der Waals surface area contributed by atoms with Crippen molar-refractivity contribution in [2.75, 3.05) is 12.4 Å². The molecule has 0 saturated heterocycles. The summed E-state index contributed by atoms with van der Waals surface area (Å²) in [6.07, 6.45) is 0.899. The number of benzene rings is 1. The highest BCUT2D eigenvalue weighted by atomic mass is 32.2. The highest BCUT2D eigenvalue weighted by molar-refractivity contribution is 8.01. The predicted octanol–water partition coefficient (Wildman–Crippen LogP) is 4.44. The van der Waals surface area contributed by atoms with Crippen LogP contribution in [0.25, 0.3) is 10.2 Å². The molecule has 0 bridgehead atoms. The molecule has 2 aromatic heterocycles. The molecule has 0 unspecified atom stereocenters. The van der Waals surface area contributed by atoms with Gasteiger partial charge in [-0.1, -0.05) is 30.8 Å². The van der Waals surface area contributed by atoms with Gasteiger partial charge in [0, 0.05) is 4.88 Å². The Balaban J connectivity index is 1.47. The number of carbonyl (C=O) groups is 2. The number of aromatic nitrogens is 1. The van der Waals surface area contributed by atoms with Gasteiger partial charge in [-0.2, -0.15) is 0 Å². The highest BCUT2D eigenvalue weighted by Gasteiger charge is 2.13. The molecule has 0 aliphatic heterocycles. The van der Waals surface area contributed by atoms with E-state index >= 15 is 0 Å². The van der Waals surface area contributed by atoms with Gasteiger partial charge in [-0.15, -0.1) is 22.7 Å². The summed E-state index contributed by atoms with van der Waals surface area (Å²) in [7, 11) is 0. The summed E-state index contributed by atoms with van der Waals surface area (Å²) in [5, 5.41) is 0. The molecule has 4 nitrogen and oxygen atoms in total.